The highest BCUT2D eigenvalue weighted by atomic mass is 16.7. The Balaban J connectivity index is 2.35. The number of amides is 2. The van der Waals surface area contributed by atoms with Gasteiger partial charge in [-0.25, -0.2) is 10.2 Å². The molecule has 0 spiro atoms. The van der Waals surface area contributed by atoms with E-state index < -0.39 is 11.0 Å². The largest absolute Gasteiger partial charge is 0.454 e. The summed E-state index contributed by atoms with van der Waals surface area (Å²) in [5.41, 5.74) is 6.69. The molecular weight excluding hydrogens is 244 g/mol. The molecule has 0 fully saturated rings. The molecule has 0 aliphatic carbocycles. The first-order valence-corrected chi connectivity index (χ1v) is 4.74. The lowest BCUT2D eigenvalue weighted by molar-refractivity contribution is -0.385. The normalized spacial score (nSPS) is 12.7. The minimum Gasteiger partial charge on any atom is -0.454 e. The van der Waals surface area contributed by atoms with Gasteiger partial charge in [0.25, 0.3) is 5.69 Å². The van der Waals surface area contributed by atoms with Crippen LogP contribution in [0.15, 0.2) is 17.2 Å². The molecule has 0 saturated carbocycles. The summed E-state index contributed by atoms with van der Waals surface area (Å²) in [6.45, 7) is 0.00657. The maximum atomic E-state index is 10.9. The van der Waals surface area contributed by atoms with Crippen LogP contribution in [0.1, 0.15) is 5.56 Å². The average molecular weight is 252 g/mol. The van der Waals surface area contributed by atoms with Crippen LogP contribution in [0.5, 0.6) is 11.5 Å². The fraction of sp³-hybridized carbons (Fsp3) is 0.111. The molecule has 0 atom stereocenters. The summed E-state index contributed by atoms with van der Waals surface area (Å²) in [6.07, 6.45) is 1.10. The molecule has 0 aromatic heterocycles. The van der Waals surface area contributed by atoms with Crippen LogP contribution in [0.3, 0.4) is 0 Å². The zero-order valence-electron chi connectivity index (χ0n) is 8.95. The number of fused-ring (bicyclic) bond motifs is 1. The molecule has 0 radical (unpaired) electrons. The summed E-state index contributed by atoms with van der Waals surface area (Å²) in [5.74, 6) is 0.669. The lowest BCUT2D eigenvalue weighted by atomic mass is 10.1. The van der Waals surface area contributed by atoms with Crippen LogP contribution in [0.4, 0.5) is 10.5 Å². The molecule has 2 amide bonds. The fourth-order valence-corrected chi connectivity index (χ4v) is 1.37. The summed E-state index contributed by atoms with van der Waals surface area (Å²) < 4.78 is 10.1. The van der Waals surface area contributed by atoms with E-state index in [9.17, 15) is 14.9 Å². The Morgan fingerprint density at radius 3 is 2.78 bits per heavy atom. The highest BCUT2D eigenvalue weighted by Crippen LogP contribution is 2.37. The van der Waals surface area contributed by atoms with Crippen molar-refractivity contribution in [2.45, 2.75) is 0 Å². The van der Waals surface area contributed by atoms with Crippen molar-refractivity contribution in [1.29, 1.82) is 0 Å². The first-order valence-electron chi connectivity index (χ1n) is 4.74. The Bertz CT molecular complexity index is 542. The van der Waals surface area contributed by atoms with Gasteiger partial charge in [0, 0.05) is 0 Å². The lowest BCUT2D eigenvalue weighted by Gasteiger charge is -2.00. The van der Waals surface area contributed by atoms with Crippen LogP contribution in [0, 0.1) is 10.1 Å². The van der Waals surface area contributed by atoms with Crippen molar-refractivity contribution >= 4 is 17.9 Å². The number of hydrogen-bond donors (Lipinski definition) is 2. The first kappa shape index (κ1) is 11.6. The van der Waals surface area contributed by atoms with Gasteiger partial charge in [0.1, 0.15) is 0 Å². The molecule has 3 N–H and O–H groups in total. The molecule has 9 nitrogen and oxygen atoms in total. The highest BCUT2D eigenvalue weighted by Gasteiger charge is 2.22. The number of hydrazone groups is 1. The fourth-order valence-electron chi connectivity index (χ4n) is 1.37. The van der Waals surface area contributed by atoms with E-state index in [4.69, 9.17) is 15.2 Å². The lowest BCUT2D eigenvalue weighted by Crippen LogP contribution is -2.24. The van der Waals surface area contributed by atoms with E-state index in [0.29, 0.717) is 11.5 Å². The quantitative estimate of drug-likeness (QED) is 0.454. The van der Waals surface area contributed by atoms with Gasteiger partial charge in [0.15, 0.2) is 11.5 Å². The molecular formula is C9H8N4O5. The average Bonchev–Trinajstić information content (AvgIpc) is 2.74. The highest BCUT2D eigenvalue weighted by molar-refractivity contribution is 5.87. The van der Waals surface area contributed by atoms with Crippen molar-refractivity contribution < 1.29 is 19.2 Å². The molecule has 1 aromatic carbocycles. The topological polar surface area (TPSA) is 129 Å². The Labute approximate surface area is 100 Å². The summed E-state index contributed by atoms with van der Waals surface area (Å²) in [6, 6.07) is 1.76. The van der Waals surface area contributed by atoms with Gasteiger partial charge < -0.3 is 15.2 Å². The number of nitrogens with one attached hydrogen (secondary N) is 1. The number of primary amides is 1. The van der Waals surface area contributed by atoms with Gasteiger partial charge in [-0.3, -0.25) is 10.1 Å². The minimum atomic E-state index is -0.866. The van der Waals surface area contributed by atoms with Crippen molar-refractivity contribution in [3.63, 3.8) is 0 Å². The Morgan fingerprint density at radius 2 is 2.17 bits per heavy atom. The maximum absolute atomic E-state index is 10.9. The van der Waals surface area contributed by atoms with Crippen LogP contribution in [-0.4, -0.2) is 24.0 Å². The number of rotatable bonds is 3. The third-order valence-electron chi connectivity index (χ3n) is 2.10. The van der Waals surface area contributed by atoms with Crippen molar-refractivity contribution in [2.75, 3.05) is 6.79 Å². The van der Waals surface area contributed by atoms with Crippen LogP contribution in [-0.2, 0) is 0 Å². The molecule has 0 bridgehead atoms. The number of carbonyl (C=O) groups excluding carboxylic acids is 1. The zero-order valence-corrected chi connectivity index (χ0v) is 8.95. The van der Waals surface area contributed by atoms with E-state index in [1.165, 1.54) is 12.1 Å². The van der Waals surface area contributed by atoms with E-state index in [1.54, 1.807) is 0 Å². The summed E-state index contributed by atoms with van der Waals surface area (Å²) >= 11 is 0. The second-order valence-corrected chi connectivity index (χ2v) is 3.26. The van der Waals surface area contributed by atoms with E-state index in [1.807, 2.05) is 5.43 Å². The number of urea groups is 1. The molecule has 94 valence electrons. The van der Waals surface area contributed by atoms with E-state index in [2.05, 4.69) is 5.10 Å². The SMILES string of the molecule is NC(=O)N/N=C\c1cc2c(cc1[N+](=O)[O-])OCO2. The van der Waals surface area contributed by atoms with Crippen LogP contribution in [0.2, 0.25) is 0 Å². The summed E-state index contributed by atoms with van der Waals surface area (Å²) in [4.78, 5) is 20.7. The zero-order chi connectivity index (χ0) is 13.1. The number of carbonyl (C=O) groups is 1. The van der Waals surface area contributed by atoms with Crippen LogP contribution >= 0.6 is 0 Å². The van der Waals surface area contributed by atoms with Crippen molar-refractivity contribution in [3.8, 4) is 11.5 Å². The molecule has 1 heterocycles. The second-order valence-electron chi connectivity index (χ2n) is 3.26. The van der Waals surface area contributed by atoms with Crippen molar-refractivity contribution in [3.05, 3.63) is 27.8 Å². The molecule has 1 aromatic rings. The van der Waals surface area contributed by atoms with Gasteiger partial charge in [0.05, 0.1) is 22.8 Å². The van der Waals surface area contributed by atoms with E-state index >= 15 is 0 Å². The van der Waals surface area contributed by atoms with Gasteiger partial charge in [-0.05, 0) is 6.07 Å². The number of nitro groups is 1. The number of ether oxygens (including phenoxy) is 2. The molecule has 2 rings (SSSR count). The first-order chi connectivity index (χ1) is 8.58. The number of nitrogens with two attached hydrogens (primary N) is 1. The van der Waals surface area contributed by atoms with Crippen molar-refractivity contribution in [2.24, 2.45) is 10.8 Å². The predicted molar refractivity (Wildman–Crippen MR) is 59.5 cm³/mol. The smallest absolute Gasteiger partial charge is 0.332 e. The summed E-state index contributed by atoms with van der Waals surface area (Å²) in [7, 11) is 0. The van der Waals surface area contributed by atoms with Gasteiger partial charge in [-0.15, -0.1) is 0 Å². The monoisotopic (exact) mass is 252 g/mol. The van der Waals surface area contributed by atoms with E-state index in [-0.39, 0.29) is 18.0 Å². The van der Waals surface area contributed by atoms with Gasteiger partial charge in [0.2, 0.25) is 6.79 Å². The standard InChI is InChI=1S/C9H8N4O5/c10-9(14)12-11-3-5-1-7-8(18-4-17-7)2-6(5)13(15)16/h1-3H,4H2,(H3,10,12,14)/b11-3-. The number of nitro benzene ring substituents is 1. The van der Waals surface area contributed by atoms with Crippen LogP contribution < -0.4 is 20.6 Å². The Kier molecular flexibility index (Phi) is 2.96. The number of benzene rings is 1. The Morgan fingerprint density at radius 1 is 1.50 bits per heavy atom. The second kappa shape index (κ2) is 4.57. The van der Waals surface area contributed by atoms with Gasteiger partial charge in [-0.2, -0.15) is 5.10 Å². The molecule has 18 heavy (non-hydrogen) atoms. The molecule has 0 unspecified atom stereocenters. The Hall–Kier alpha value is -2.84. The number of nitrogens with zero attached hydrogens (tertiary/aromatic N) is 2. The molecule has 0 saturated heterocycles. The maximum Gasteiger partial charge on any atom is 0.332 e. The molecule has 1 aliphatic rings. The summed E-state index contributed by atoms with van der Waals surface area (Å²) in [5, 5.41) is 14.3. The van der Waals surface area contributed by atoms with E-state index in [0.717, 1.165) is 6.21 Å². The molecule has 1 aliphatic heterocycles. The number of hydrogen-bond acceptors (Lipinski definition) is 6. The van der Waals surface area contributed by atoms with Gasteiger partial charge >= 0.3 is 6.03 Å². The third kappa shape index (κ3) is 2.29. The molecule has 9 heteroatoms. The van der Waals surface area contributed by atoms with Gasteiger partial charge in [-0.1, -0.05) is 0 Å². The van der Waals surface area contributed by atoms with Crippen LogP contribution in [0.25, 0.3) is 0 Å². The predicted octanol–water partition coefficient (Wildman–Crippen LogP) is 0.326. The third-order valence-corrected chi connectivity index (χ3v) is 2.10. The minimum absolute atomic E-state index is 0.00657. The van der Waals surface area contributed by atoms with Crippen molar-refractivity contribution in [1.82, 2.24) is 5.43 Å².